The Morgan fingerprint density at radius 3 is 2.73 bits per heavy atom. The Balaban J connectivity index is 2.45. The van der Waals surface area contributed by atoms with Gasteiger partial charge in [0.15, 0.2) is 0 Å². The highest BCUT2D eigenvalue weighted by Gasteiger charge is 2.28. The van der Waals surface area contributed by atoms with Crippen molar-refractivity contribution in [3.63, 3.8) is 0 Å². The van der Waals surface area contributed by atoms with E-state index in [0.29, 0.717) is 11.0 Å². The van der Waals surface area contributed by atoms with Gasteiger partial charge >= 0.3 is 6.18 Å². The Labute approximate surface area is 84.3 Å². The molecule has 0 fully saturated rings. The molecule has 0 amide bonds. The molecule has 0 unspecified atom stereocenters. The quantitative estimate of drug-likeness (QED) is 0.713. The average molecular weight is 214 g/mol. The second-order valence-electron chi connectivity index (χ2n) is 3.48. The first kappa shape index (κ1) is 10.0. The van der Waals surface area contributed by atoms with Crippen LogP contribution in [0.1, 0.15) is 5.56 Å². The third-order valence-electron chi connectivity index (χ3n) is 2.13. The van der Waals surface area contributed by atoms with Crippen molar-refractivity contribution in [3.05, 3.63) is 30.1 Å². The standard InChI is InChI=1S/C10H9F3N2/c1-7-2-3-9-8(4-7)14-6-15(9)5-10(11,12)13/h2-4,6H,5H2,1H3. The number of aromatic nitrogens is 2. The molecule has 1 aromatic carbocycles. The number of benzene rings is 1. The average Bonchev–Trinajstić information content (AvgIpc) is 2.45. The molecule has 0 radical (unpaired) electrons. The predicted octanol–water partition coefficient (Wildman–Crippen LogP) is 2.91. The lowest BCUT2D eigenvalue weighted by atomic mass is 10.2. The van der Waals surface area contributed by atoms with Crippen LogP contribution >= 0.6 is 0 Å². The van der Waals surface area contributed by atoms with Gasteiger partial charge in [-0.3, -0.25) is 0 Å². The summed E-state index contributed by atoms with van der Waals surface area (Å²) in [6.07, 6.45) is -2.99. The molecular weight excluding hydrogens is 205 g/mol. The van der Waals surface area contributed by atoms with Gasteiger partial charge in [0.2, 0.25) is 0 Å². The molecule has 1 heterocycles. The maximum absolute atomic E-state index is 12.2. The minimum atomic E-state index is -4.21. The number of imidazole rings is 1. The molecule has 0 aliphatic carbocycles. The zero-order chi connectivity index (χ0) is 11.1. The SMILES string of the molecule is Cc1ccc2c(c1)ncn2CC(F)(F)F. The highest BCUT2D eigenvalue weighted by molar-refractivity contribution is 5.75. The minimum absolute atomic E-state index is 0.512. The van der Waals surface area contributed by atoms with E-state index < -0.39 is 12.7 Å². The topological polar surface area (TPSA) is 17.8 Å². The van der Waals surface area contributed by atoms with Gasteiger partial charge in [-0.1, -0.05) is 6.07 Å². The van der Waals surface area contributed by atoms with Gasteiger partial charge in [0.1, 0.15) is 6.54 Å². The molecule has 0 atom stereocenters. The molecule has 0 saturated carbocycles. The van der Waals surface area contributed by atoms with Crippen LogP contribution in [0.5, 0.6) is 0 Å². The van der Waals surface area contributed by atoms with Gasteiger partial charge in [0, 0.05) is 0 Å². The molecule has 0 aliphatic rings. The number of halogens is 3. The van der Waals surface area contributed by atoms with Crippen molar-refractivity contribution in [1.82, 2.24) is 9.55 Å². The molecule has 0 spiro atoms. The summed E-state index contributed by atoms with van der Waals surface area (Å²) in [4.78, 5) is 3.93. The molecule has 15 heavy (non-hydrogen) atoms. The number of alkyl halides is 3. The number of rotatable bonds is 1. The number of hydrogen-bond acceptors (Lipinski definition) is 1. The first-order chi connectivity index (χ1) is 6.96. The van der Waals surface area contributed by atoms with E-state index in [1.54, 1.807) is 18.2 Å². The summed E-state index contributed by atoms with van der Waals surface area (Å²) in [5.74, 6) is 0. The zero-order valence-electron chi connectivity index (χ0n) is 8.04. The van der Waals surface area contributed by atoms with E-state index in [-0.39, 0.29) is 0 Å². The van der Waals surface area contributed by atoms with Crippen LogP contribution in [0.4, 0.5) is 13.2 Å². The molecule has 0 bridgehead atoms. The molecule has 5 heteroatoms. The monoisotopic (exact) mass is 214 g/mol. The molecule has 2 aromatic rings. The third kappa shape index (κ3) is 2.11. The Morgan fingerprint density at radius 2 is 2.07 bits per heavy atom. The third-order valence-corrected chi connectivity index (χ3v) is 2.13. The summed E-state index contributed by atoms with van der Waals surface area (Å²) in [7, 11) is 0. The van der Waals surface area contributed by atoms with Crippen molar-refractivity contribution in [2.75, 3.05) is 0 Å². The molecule has 80 valence electrons. The number of nitrogens with zero attached hydrogens (tertiary/aromatic N) is 2. The maximum Gasteiger partial charge on any atom is 0.406 e. The summed E-state index contributed by atoms with van der Waals surface area (Å²) in [5, 5.41) is 0. The molecular formula is C10H9F3N2. The number of fused-ring (bicyclic) bond motifs is 1. The van der Waals surface area contributed by atoms with Crippen LogP contribution in [0.2, 0.25) is 0 Å². The van der Waals surface area contributed by atoms with Gasteiger partial charge in [0.05, 0.1) is 17.4 Å². The number of hydrogen-bond donors (Lipinski definition) is 0. The van der Waals surface area contributed by atoms with Crippen molar-refractivity contribution in [3.8, 4) is 0 Å². The van der Waals surface area contributed by atoms with E-state index in [9.17, 15) is 13.2 Å². The molecule has 2 rings (SSSR count). The van der Waals surface area contributed by atoms with Gasteiger partial charge in [0.25, 0.3) is 0 Å². The summed E-state index contributed by atoms with van der Waals surface area (Å²) >= 11 is 0. The minimum Gasteiger partial charge on any atom is -0.321 e. The highest BCUT2D eigenvalue weighted by Crippen LogP contribution is 2.21. The molecule has 0 aliphatic heterocycles. The van der Waals surface area contributed by atoms with Crippen molar-refractivity contribution in [2.45, 2.75) is 19.6 Å². The first-order valence-electron chi connectivity index (χ1n) is 4.44. The Hall–Kier alpha value is -1.52. The van der Waals surface area contributed by atoms with Crippen molar-refractivity contribution in [2.24, 2.45) is 0 Å². The largest absolute Gasteiger partial charge is 0.406 e. The van der Waals surface area contributed by atoms with E-state index in [0.717, 1.165) is 10.1 Å². The summed E-state index contributed by atoms with van der Waals surface area (Å²) in [6, 6.07) is 5.20. The van der Waals surface area contributed by atoms with Gasteiger partial charge in [-0.05, 0) is 24.6 Å². The van der Waals surface area contributed by atoms with Crippen LogP contribution in [0.25, 0.3) is 11.0 Å². The van der Waals surface area contributed by atoms with E-state index >= 15 is 0 Å². The smallest absolute Gasteiger partial charge is 0.321 e. The summed E-state index contributed by atoms with van der Waals surface area (Å²) < 4.78 is 37.6. The van der Waals surface area contributed by atoms with E-state index in [2.05, 4.69) is 4.98 Å². The fourth-order valence-electron chi connectivity index (χ4n) is 1.49. The second kappa shape index (κ2) is 3.25. The molecule has 1 aromatic heterocycles. The zero-order valence-corrected chi connectivity index (χ0v) is 8.04. The van der Waals surface area contributed by atoms with Crippen LogP contribution in [-0.2, 0) is 6.54 Å². The van der Waals surface area contributed by atoms with Crippen molar-refractivity contribution in [1.29, 1.82) is 0 Å². The lowest BCUT2D eigenvalue weighted by molar-refractivity contribution is -0.139. The normalized spacial score (nSPS) is 12.3. The Morgan fingerprint density at radius 1 is 1.33 bits per heavy atom. The molecule has 0 N–H and O–H groups in total. The molecule has 0 saturated heterocycles. The fraction of sp³-hybridized carbons (Fsp3) is 0.300. The van der Waals surface area contributed by atoms with Crippen molar-refractivity contribution < 1.29 is 13.2 Å². The maximum atomic E-state index is 12.2. The lowest BCUT2D eigenvalue weighted by Gasteiger charge is -2.07. The van der Waals surface area contributed by atoms with E-state index in [1.165, 1.54) is 6.33 Å². The predicted molar refractivity (Wildman–Crippen MR) is 50.5 cm³/mol. The second-order valence-corrected chi connectivity index (χ2v) is 3.48. The fourth-order valence-corrected chi connectivity index (χ4v) is 1.49. The number of aryl methyl sites for hydroxylation is 1. The van der Waals surface area contributed by atoms with E-state index in [1.807, 2.05) is 6.92 Å². The van der Waals surface area contributed by atoms with Gasteiger partial charge in [-0.15, -0.1) is 0 Å². The Kier molecular flexibility index (Phi) is 2.17. The van der Waals surface area contributed by atoms with Crippen LogP contribution in [0.15, 0.2) is 24.5 Å². The lowest BCUT2D eigenvalue weighted by Crippen LogP contribution is -2.16. The Bertz CT molecular complexity index is 485. The molecule has 2 nitrogen and oxygen atoms in total. The first-order valence-corrected chi connectivity index (χ1v) is 4.44. The van der Waals surface area contributed by atoms with Crippen LogP contribution in [0, 0.1) is 6.92 Å². The van der Waals surface area contributed by atoms with Crippen LogP contribution in [-0.4, -0.2) is 15.7 Å². The summed E-state index contributed by atoms with van der Waals surface area (Å²) in [6.45, 7) is 0.884. The van der Waals surface area contributed by atoms with Gasteiger partial charge in [-0.2, -0.15) is 13.2 Å². The van der Waals surface area contributed by atoms with Gasteiger partial charge < -0.3 is 4.57 Å². The van der Waals surface area contributed by atoms with E-state index in [4.69, 9.17) is 0 Å². The summed E-state index contributed by atoms with van der Waals surface area (Å²) in [5.41, 5.74) is 2.09. The highest BCUT2D eigenvalue weighted by atomic mass is 19.4. The van der Waals surface area contributed by atoms with Crippen molar-refractivity contribution >= 4 is 11.0 Å². The van der Waals surface area contributed by atoms with Gasteiger partial charge in [-0.25, -0.2) is 4.98 Å². The van der Waals surface area contributed by atoms with Crippen LogP contribution < -0.4 is 0 Å². The van der Waals surface area contributed by atoms with Crippen LogP contribution in [0.3, 0.4) is 0 Å².